The van der Waals surface area contributed by atoms with Gasteiger partial charge < -0.3 is 9.97 Å². The van der Waals surface area contributed by atoms with Crippen molar-refractivity contribution < 1.29 is 0 Å². The van der Waals surface area contributed by atoms with Gasteiger partial charge in [-0.15, -0.1) is 0 Å². The van der Waals surface area contributed by atoms with Gasteiger partial charge in [-0.05, 0) is 49.1 Å². The molecule has 1 heterocycles. The number of benzene rings is 2. The highest BCUT2D eigenvalue weighted by molar-refractivity contribution is 9.09. The van der Waals surface area contributed by atoms with Crippen LogP contribution in [0.4, 0.5) is 0 Å². The Kier molecular flexibility index (Phi) is 3.72. The fourth-order valence-electron chi connectivity index (χ4n) is 2.58. The summed E-state index contributed by atoms with van der Waals surface area (Å²) in [6.07, 6.45) is 0.924. The molecule has 0 radical (unpaired) electrons. The van der Waals surface area contributed by atoms with Crippen LogP contribution in [0.15, 0.2) is 41.2 Å². The van der Waals surface area contributed by atoms with Gasteiger partial charge in [0, 0.05) is 4.83 Å². The number of H-pyrrole nitrogens is 2. The number of aryl methyl sites for hydroxylation is 2. The minimum Gasteiger partial charge on any atom is -0.306 e. The van der Waals surface area contributed by atoms with E-state index in [9.17, 15) is 4.79 Å². The zero-order valence-electron chi connectivity index (χ0n) is 12.0. The second-order valence-corrected chi connectivity index (χ2v) is 6.59. The molecule has 0 spiro atoms. The SMILES string of the molecule is Cc1ccc(C)c(CC(Br)c2ccc3[nH]c(=O)[nH]c3c2)c1. The Morgan fingerprint density at radius 2 is 1.81 bits per heavy atom. The molecule has 0 bridgehead atoms. The molecule has 1 atom stereocenters. The molecule has 4 heteroatoms. The number of nitrogens with one attached hydrogen (secondary N) is 2. The number of halogens is 1. The van der Waals surface area contributed by atoms with Crippen LogP contribution in [0.5, 0.6) is 0 Å². The number of rotatable bonds is 3. The molecular weight excluding hydrogens is 328 g/mol. The van der Waals surface area contributed by atoms with Crippen molar-refractivity contribution in [2.24, 2.45) is 0 Å². The third kappa shape index (κ3) is 2.95. The van der Waals surface area contributed by atoms with E-state index < -0.39 is 0 Å². The number of hydrogen-bond acceptors (Lipinski definition) is 1. The molecule has 0 saturated heterocycles. The van der Waals surface area contributed by atoms with Crippen LogP contribution >= 0.6 is 15.9 Å². The summed E-state index contributed by atoms with van der Waals surface area (Å²) < 4.78 is 0. The van der Waals surface area contributed by atoms with Crippen molar-refractivity contribution in [3.8, 4) is 0 Å². The molecule has 1 unspecified atom stereocenters. The maximum Gasteiger partial charge on any atom is 0.323 e. The monoisotopic (exact) mass is 344 g/mol. The first kappa shape index (κ1) is 14.1. The van der Waals surface area contributed by atoms with Gasteiger partial charge in [-0.1, -0.05) is 45.8 Å². The average Bonchev–Trinajstić information content (AvgIpc) is 2.81. The van der Waals surface area contributed by atoms with Crippen LogP contribution in [-0.4, -0.2) is 9.97 Å². The normalized spacial score (nSPS) is 12.7. The first-order chi connectivity index (χ1) is 10.0. The smallest absolute Gasteiger partial charge is 0.306 e. The van der Waals surface area contributed by atoms with E-state index in [2.05, 4.69) is 64.0 Å². The molecule has 1 aromatic heterocycles. The maximum absolute atomic E-state index is 11.3. The standard InChI is InChI=1S/C17H17BrN2O/c1-10-3-4-11(2)13(7-10)8-14(18)12-5-6-15-16(9-12)20-17(21)19-15/h3-7,9,14H,8H2,1-2H3,(H2,19,20,21). The van der Waals surface area contributed by atoms with E-state index in [0.29, 0.717) is 0 Å². The van der Waals surface area contributed by atoms with Crippen molar-refractivity contribution >= 4 is 27.0 Å². The molecule has 2 N–H and O–H groups in total. The second-order valence-electron chi connectivity index (χ2n) is 5.49. The van der Waals surface area contributed by atoms with Crippen LogP contribution in [0.1, 0.15) is 27.1 Å². The number of aromatic amines is 2. The highest BCUT2D eigenvalue weighted by Gasteiger charge is 2.11. The zero-order valence-corrected chi connectivity index (χ0v) is 13.6. The van der Waals surface area contributed by atoms with Crippen LogP contribution in [0.2, 0.25) is 0 Å². The van der Waals surface area contributed by atoms with Crippen molar-refractivity contribution in [2.75, 3.05) is 0 Å². The molecule has 0 aliphatic rings. The van der Waals surface area contributed by atoms with Crippen LogP contribution < -0.4 is 5.69 Å². The predicted molar refractivity (Wildman–Crippen MR) is 90.2 cm³/mol. The van der Waals surface area contributed by atoms with Crippen molar-refractivity contribution in [1.82, 2.24) is 9.97 Å². The Balaban J connectivity index is 1.90. The molecular formula is C17H17BrN2O. The van der Waals surface area contributed by atoms with Crippen molar-refractivity contribution in [3.63, 3.8) is 0 Å². The molecule has 2 aromatic carbocycles. The number of alkyl halides is 1. The van der Waals surface area contributed by atoms with Gasteiger partial charge in [0.05, 0.1) is 11.0 Å². The largest absolute Gasteiger partial charge is 0.323 e. The predicted octanol–water partition coefficient (Wildman–Crippen LogP) is 4.15. The van der Waals surface area contributed by atoms with Gasteiger partial charge in [0.15, 0.2) is 0 Å². The number of aromatic nitrogens is 2. The topological polar surface area (TPSA) is 48.6 Å². The van der Waals surface area contributed by atoms with Gasteiger partial charge in [0.25, 0.3) is 0 Å². The van der Waals surface area contributed by atoms with Gasteiger partial charge in [0.1, 0.15) is 0 Å². The molecule has 0 fully saturated rings. The molecule has 3 rings (SSSR count). The summed E-state index contributed by atoms with van der Waals surface area (Å²) in [6, 6.07) is 12.6. The minimum atomic E-state index is -0.164. The first-order valence-electron chi connectivity index (χ1n) is 6.95. The summed E-state index contributed by atoms with van der Waals surface area (Å²) >= 11 is 3.77. The molecule has 21 heavy (non-hydrogen) atoms. The van der Waals surface area contributed by atoms with E-state index in [4.69, 9.17) is 0 Å². The Hall–Kier alpha value is -1.81. The van der Waals surface area contributed by atoms with Gasteiger partial charge in [-0.2, -0.15) is 0 Å². The van der Waals surface area contributed by atoms with E-state index >= 15 is 0 Å². The van der Waals surface area contributed by atoms with E-state index in [-0.39, 0.29) is 10.5 Å². The molecule has 0 amide bonds. The fourth-order valence-corrected chi connectivity index (χ4v) is 3.21. The highest BCUT2D eigenvalue weighted by atomic mass is 79.9. The quantitative estimate of drug-likeness (QED) is 0.689. The van der Waals surface area contributed by atoms with Gasteiger partial charge in [0.2, 0.25) is 0 Å². The molecule has 3 aromatic rings. The lowest BCUT2D eigenvalue weighted by molar-refractivity contribution is 0.937. The summed E-state index contributed by atoms with van der Waals surface area (Å²) in [4.78, 5) is 17.1. The van der Waals surface area contributed by atoms with Gasteiger partial charge in [-0.3, -0.25) is 0 Å². The Morgan fingerprint density at radius 1 is 1.05 bits per heavy atom. The summed E-state index contributed by atoms with van der Waals surface area (Å²) in [5.41, 5.74) is 6.63. The number of fused-ring (bicyclic) bond motifs is 1. The Morgan fingerprint density at radius 3 is 2.62 bits per heavy atom. The van der Waals surface area contributed by atoms with Crippen LogP contribution in [0, 0.1) is 13.8 Å². The molecule has 3 nitrogen and oxygen atoms in total. The lowest BCUT2D eigenvalue weighted by Crippen LogP contribution is -1.99. The summed E-state index contributed by atoms with van der Waals surface area (Å²) in [5.74, 6) is 0. The summed E-state index contributed by atoms with van der Waals surface area (Å²) in [5, 5.41) is 0. The van der Waals surface area contributed by atoms with Gasteiger partial charge >= 0.3 is 5.69 Å². The number of hydrogen-bond donors (Lipinski definition) is 2. The molecule has 0 aliphatic heterocycles. The lowest BCUT2D eigenvalue weighted by Gasteiger charge is -2.13. The average molecular weight is 345 g/mol. The third-order valence-electron chi connectivity index (χ3n) is 3.81. The zero-order chi connectivity index (χ0) is 15.0. The lowest BCUT2D eigenvalue weighted by atomic mass is 9.98. The van der Waals surface area contributed by atoms with E-state index in [1.165, 1.54) is 22.3 Å². The second kappa shape index (κ2) is 5.53. The van der Waals surface area contributed by atoms with E-state index in [1.807, 2.05) is 12.1 Å². The maximum atomic E-state index is 11.3. The van der Waals surface area contributed by atoms with Crippen LogP contribution in [-0.2, 0) is 6.42 Å². The molecule has 108 valence electrons. The third-order valence-corrected chi connectivity index (χ3v) is 4.66. The van der Waals surface area contributed by atoms with E-state index in [0.717, 1.165) is 17.5 Å². The Bertz CT molecular complexity index is 847. The minimum absolute atomic E-state index is 0.164. The molecule has 0 aliphatic carbocycles. The van der Waals surface area contributed by atoms with Crippen molar-refractivity contribution in [2.45, 2.75) is 25.1 Å². The summed E-state index contributed by atoms with van der Waals surface area (Å²) in [7, 11) is 0. The molecule has 0 saturated carbocycles. The summed E-state index contributed by atoms with van der Waals surface area (Å²) in [6.45, 7) is 4.25. The van der Waals surface area contributed by atoms with E-state index in [1.54, 1.807) is 0 Å². The van der Waals surface area contributed by atoms with Crippen LogP contribution in [0.3, 0.4) is 0 Å². The number of imidazole rings is 1. The van der Waals surface area contributed by atoms with Crippen molar-refractivity contribution in [1.29, 1.82) is 0 Å². The first-order valence-corrected chi connectivity index (χ1v) is 7.86. The van der Waals surface area contributed by atoms with Crippen LogP contribution in [0.25, 0.3) is 11.0 Å². The highest BCUT2D eigenvalue weighted by Crippen LogP contribution is 2.29. The van der Waals surface area contributed by atoms with Crippen molar-refractivity contribution in [3.05, 3.63) is 69.1 Å². The Labute approximate surface area is 131 Å². The fraction of sp³-hybridized carbons (Fsp3) is 0.235. The van der Waals surface area contributed by atoms with Gasteiger partial charge in [-0.25, -0.2) is 4.79 Å².